The summed E-state index contributed by atoms with van der Waals surface area (Å²) in [6.45, 7) is 0.991. The maximum absolute atomic E-state index is 6.27. The molecule has 5 rings (SSSR count). The summed E-state index contributed by atoms with van der Waals surface area (Å²) >= 11 is 0. The van der Waals surface area contributed by atoms with Crippen molar-refractivity contribution in [3.8, 4) is 17.2 Å². The molecule has 5 aromatic carbocycles. The standard InChI is InChI=1S/C33H28O3/c1-34-32-20-17-25(22-33(32)36-24-27-12-6-3-7-13-27)16-19-30-29-15-9-8-14-28(29)18-21-31(30)35-23-26-10-4-2-5-11-26/h2-22H,23-24H2,1H3/b19-16+. The maximum Gasteiger partial charge on any atom is 0.162 e. The van der Waals surface area contributed by atoms with E-state index in [4.69, 9.17) is 14.2 Å². The van der Waals surface area contributed by atoms with Gasteiger partial charge in [0.1, 0.15) is 19.0 Å². The van der Waals surface area contributed by atoms with Crippen LogP contribution in [-0.2, 0) is 13.2 Å². The first kappa shape index (κ1) is 23.3. The van der Waals surface area contributed by atoms with Crippen molar-refractivity contribution in [1.82, 2.24) is 0 Å². The zero-order valence-electron chi connectivity index (χ0n) is 20.3. The van der Waals surface area contributed by atoms with E-state index in [2.05, 4.69) is 54.6 Å². The van der Waals surface area contributed by atoms with Crippen molar-refractivity contribution >= 4 is 22.9 Å². The highest BCUT2D eigenvalue weighted by molar-refractivity contribution is 5.95. The molecular weight excluding hydrogens is 444 g/mol. The first-order valence-corrected chi connectivity index (χ1v) is 12.0. The number of fused-ring (bicyclic) bond motifs is 1. The molecule has 0 aliphatic heterocycles. The number of hydrogen-bond acceptors (Lipinski definition) is 3. The molecule has 0 amide bonds. The van der Waals surface area contributed by atoms with Gasteiger partial charge in [-0.15, -0.1) is 0 Å². The fourth-order valence-electron chi connectivity index (χ4n) is 4.13. The number of methoxy groups -OCH3 is 1. The molecule has 0 bridgehead atoms. The lowest BCUT2D eigenvalue weighted by atomic mass is 10.0. The highest BCUT2D eigenvalue weighted by atomic mass is 16.5. The lowest BCUT2D eigenvalue weighted by Crippen LogP contribution is -1.98. The van der Waals surface area contributed by atoms with Crippen LogP contribution in [0.15, 0.2) is 115 Å². The average Bonchev–Trinajstić information content (AvgIpc) is 2.95. The topological polar surface area (TPSA) is 27.7 Å². The number of rotatable bonds is 9. The van der Waals surface area contributed by atoms with Crippen molar-refractivity contribution in [3.63, 3.8) is 0 Å². The molecule has 0 aliphatic carbocycles. The second-order valence-corrected chi connectivity index (χ2v) is 8.49. The zero-order valence-corrected chi connectivity index (χ0v) is 20.3. The molecule has 0 fully saturated rings. The molecule has 0 unspecified atom stereocenters. The van der Waals surface area contributed by atoms with Crippen molar-refractivity contribution in [2.24, 2.45) is 0 Å². The summed E-state index contributed by atoms with van der Waals surface area (Å²) in [7, 11) is 1.66. The lowest BCUT2D eigenvalue weighted by molar-refractivity contribution is 0.284. The Balaban J connectivity index is 1.43. The zero-order chi connectivity index (χ0) is 24.6. The summed E-state index contributed by atoms with van der Waals surface area (Å²) in [5.74, 6) is 2.27. The quantitative estimate of drug-likeness (QED) is 0.202. The minimum atomic E-state index is 0.477. The van der Waals surface area contributed by atoms with E-state index >= 15 is 0 Å². The second-order valence-electron chi connectivity index (χ2n) is 8.49. The molecule has 0 N–H and O–H groups in total. The lowest BCUT2D eigenvalue weighted by Gasteiger charge is -2.13. The maximum atomic E-state index is 6.27. The van der Waals surface area contributed by atoms with Gasteiger partial charge in [-0.05, 0) is 45.7 Å². The summed E-state index contributed by atoms with van der Waals surface area (Å²) in [5.41, 5.74) is 4.31. The largest absolute Gasteiger partial charge is 0.493 e. The first-order valence-electron chi connectivity index (χ1n) is 12.0. The van der Waals surface area contributed by atoms with Gasteiger partial charge in [0.25, 0.3) is 0 Å². The summed E-state index contributed by atoms with van der Waals surface area (Å²) in [6.07, 6.45) is 4.21. The van der Waals surface area contributed by atoms with Gasteiger partial charge in [-0.2, -0.15) is 0 Å². The molecule has 0 radical (unpaired) electrons. The van der Waals surface area contributed by atoms with Crippen LogP contribution in [0.1, 0.15) is 22.3 Å². The van der Waals surface area contributed by atoms with Gasteiger partial charge in [0.2, 0.25) is 0 Å². The van der Waals surface area contributed by atoms with Gasteiger partial charge in [0, 0.05) is 5.56 Å². The Labute approximate surface area is 212 Å². The van der Waals surface area contributed by atoms with Crippen molar-refractivity contribution in [1.29, 1.82) is 0 Å². The summed E-state index contributed by atoms with van der Waals surface area (Å²) in [4.78, 5) is 0. The molecule has 3 nitrogen and oxygen atoms in total. The third kappa shape index (κ3) is 5.59. The second kappa shape index (κ2) is 11.3. The third-order valence-corrected chi connectivity index (χ3v) is 6.04. The minimum Gasteiger partial charge on any atom is -0.493 e. The molecule has 0 aromatic heterocycles. The smallest absolute Gasteiger partial charge is 0.162 e. The fraction of sp³-hybridized carbons (Fsp3) is 0.0909. The van der Waals surface area contributed by atoms with Crippen LogP contribution in [-0.4, -0.2) is 7.11 Å². The van der Waals surface area contributed by atoms with E-state index in [9.17, 15) is 0 Å². The Hall–Kier alpha value is -4.50. The van der Waals surface area contributed by atoms with Crippen molar-refractivity contribution in [2.45, 2.75) is 13.2 Å². The number of ether oxygens (including phenoxy) is 3. The Morgan fingerprint density at radius 1 is 0.556 bits per heavy atom. The van der Waals surface area contributed by atoms with Crippen LogP contribution in [0.25, 0.3) is 22.9 Å². The van der Waals surface area contributed by atoms with Gasteiger partial charge in [-0.1, -0.05) is 109 Å². The predicted molar refractivity (Wildman–Crippen MR) is 147 cm³/mol. The van der Waals surface area contributed by atoms with E-state index in [1.807, 2.05) is 72.8 Å². The molecule has 0 atom stereocenters. The van der Waals surface area contributed by atoms with E-state index < -0.39 is 0 Å². The van der Waals surface area contributed by atoms with Crippen LogP contribution >= 0.6 is 0 Å². The molecule has 0 heterocycles. The monoisotopic (exact) mass is 472 g/mol. The van der Waals surface area contributed by atoms with Gasteiger partial charge >= 0.3 is 0 Å². The molecule has 0 saturated carbocycles. The molecule has 0 spiro atoms. The van der Waals surface area contributed by atoms with Crippen LogP contribution in [0.5, 0.6) is 17.2 Å². The highest BCUT2D eigenvalue weighted by Gasteiger charge is 2.09. The molecule has 0 aliphatic rings. The predicted octanol–water partition coefficient (Wildman–Crippen LogP) is 8.18. The Kier molecular flexibility index (Phi) is 7.29. The molecular formula is C33H28O3. The van der Waals surface area contributed by atoms with Crippen molar-refractivity contribution < 1.29 is 14.2 Å². The van der Waals surface area contributed by atoms with Crippen LogP contribution in [0.3, 0.4) is 0 Å². The van der Waals surface area contributed by atoms with Crippen LogP contribution < -0.4 is 14.2 Å². The molecule has 36 heavy (non-hydrogen) atoms. The van der Waals surface area contributed by atoms with E-state index in [1.165, 1.54) is 5.39 Å². The number of hydrogen-bond donors (Lipinski definition) is 0. The molecule has 5 aromatic rings. The summed E-state index contributed by atoms with van der Waals surface area (Å²) in [5, 5.41) is 2.32. The van der Waals surface area contributed by atoms with Crippen molar-refractivity contribution in [2.75, 3.05) is 7.11 Å². The van der Waals surface area contributed by atoms with E-state index in [0.717, 1.165) is 33.4 Å². The third-order valence-electron chi connectivity index (χ3n) is 6.04. The molecule has 0 saturated heterocycles. The highest BCUT2D eigenvalue weighted by Crippen LogP contribution is 2.33. The first-order chi connectivity index (χ1) is 17.8. The Bertz CT molecular complexity index is 1460. The van der Waals surface area contributed by atoms with Gasteiger partial charge in [0.15, 0.2) is 11.5 Å². The number of benzene rings is 5. The van der Waals surface area contributed by atoms with Gasteiger partial charge in [-0.3, -0.25) is 0 Å². The van der Waals surface area contributed by atoms with Gasteiger partial charge < -0.3 is 14.2 Å². The average molecular weight is 473 g/mol. The van der Waals surface area contributed by atoms with Crippen molar-refractivity contribution in [3.05, 3.63) is 138 Å². The minimum absolute atomic E-state index is 0.477. The molecule has 3 heteroatoms. The Morgan fingerprint density at radius 2 is 1.17 bits per heavy atom. The van der Waals surface area contributed by atoms with Crippen LogP contribution in [0.4, 0.5) is 0 Å². The van der Waals surface area contributed by atoms with E-state index in [0.29, 0.717) is 24.7 Å². The SMILES string of the molecule is COc1ccc(/C=C/c2c(OCc3ccccc3)ccc3ccccc23)cc1OCc1ccccc1. The summed E-state index contributed by atoms with van der Waals surface area (Å²) < 4.78 is 17.9. The Morgan fingerprint density at radius 3 is 1.86 bits per heavy atom. The van der Waals surface area contributed by atoms with E-state index in [-0.39, 0.29) is 0 Å². The molecule has 178 valence electrons. The van der Waals surface area contributed by atoms with Gasteiger partial charge in [-0.25, -0.2) is 0 Å². The summed E-state index contributed by atoms with van der Waals surface area (Å²) in [6, 6.07) is 38.8. The van der Waals surface area contributed by atoms with E-state index in [1.54, 1.807) is 7.11 Å². The van der Waals surface area contributed by atoms with Crippen LogP contribution in [0, 0.1) is 0 Å². The van der Waals surface area contributed by atoms with Crippen LogP contribution in [0.2, 0.25) is 0 Å². The fourth-order valence-corrected chi connectivity index (χ4v) is 4.13. The normalized spacial score (nSPS) is 11.0. The van der Waals surface area contributed by atoms with Gasteiger partial charge in [0.05, 0.1) is 7.11 Å².